The van der Waals surface area contributed by atoms with E-state index in [9.17, 15) is 9.90 Å². The number of nitrogens with two attached hydrogens (primary N) is 1. The summed E-state index contributed by atoms with van der Waals surface area (Å²) < 4.78 is 0. The number of nitrogens with zero attached hydrogens (tertiary/aromatic N) is 3. The van der Waals surface area contributed by atoms with E-state index in [1.165, 1.54) is 6.07 Å². The number of aromatic amines is 1. The highest BCUT2D eigenvalue weighted by Crippen LogP contribution is 2.19. The molecule has 0 bridgehead atoms. The third-order valence-electron chi connectivity index (χ3n) is 3.82. The molecule has 28 heavy (non-hydrogen) atoms. The van der Waals surface area contributed by atoms with Crippen LogP contribution in [0.4, 0.5) is 0 Å². The van der Waals surface area contributed by atoms with Crippen molar-refractivity contribution in [3.8, 4) is 6.07 Å². The van der Waals surface area contributed by atoms with Crippen LogP contribution in [0, 0.1) is 11.3 Å². The largest absolute Gasteiger partial charge is 0.398 e. The molecule has 0 aliphatic rings. The Hall–Kier alpha value is -3.15. The standard InChI is InChI=1S/C19H21ClN6O2/c1-11(24-19(28)18-8-17(12(2)27)25-26-18)10-23-6-5-16(22)13-3-4-14(9-21)15(20)7-13/h3-8,11-12,27H,10,22H2,1-2H3,(H,24,28)(H,25,26)/b16-5-,23-6?/t11-,12?/m0/s1. The lowest BCUT2D eigenvalue weighted by molar-refractivity contribution is 0.0936. The smallest absolute Gasteiger partial charge is 0.272 e. The van der Waals surface area contributed by atoms with E-state index in [0.29, 0.717) is 34.1 Å². The summed E-state index contributed by atoms with van der Waals surface area (Å²) in [4.78, 5) is 16.3. The quantitative estimate of drug-likeness (QED) is 0.527. The molecule has 0 aliphatic heterocycles. The summed E-state index contributed by atoms with van der Waals surface area (Å²) in [6.45, 7) is 3.74. The molecule has 0 radical (unpaired) electrons. The van der Waals surface area contributed by atoms with Crippen LogP contribution >= 0.6 is 11.6 Å². The van der Waals surface area contributed by atoms with Crippen LogP contribution < -0.4 is 11.1 Å². The fourth-order valence-corrected chi connectivity index (χ4v) is 2.47. The van der Waals surface area contributed by atoms with Gasteiger partial charge in [0.2, 0.25) is 0 Å². The lowest BCUT2D eigenvalue weighted by Gasteiger charge is -2.09. The molecular weight excluding hydrogens is 380 g/mol. The third kappa shape index (κ3) is 5.67. The molecule has 1 unspecified atom stereocenters. The molecular formula is C19H21ClN6O2. The van der Waals surface area contributed by atoms with E-state index >= 15 is 0 Å². The van der Waals surface area contributed by atoms with Crippen LogP contribution in [0.25, 0.3) is 5.70 Å². The molecule has 5 N–H and O–H groups in total. The van der Waals surface area contributed by atoms with Gasteiger partial charge in [-0.3, -0.25) is 14.9 Å². The summed E-state index contributed by atoms with van der Waals surface area (Å²) in [5.41, 5.74) is 8.18. The van der Waals surface area contributed by atoms with Gasteiger partial charge in [-0.25, -0.2) is 0 Å². The molecule has 1 aromatic heterocycles. The first kappa shape index (κ1) is 21.2. The van der Waals surface area contributed by atoms with Crippen LogP contribution in [0.15, 0.2) is 35.3 Å². The summed E-state index contributed by atoms with van der Waals surface area (Å²) >= 11 is 5.99. The first-order chi connectivity index (χ1) is 13.3. The number of rotatable bonds is 7. The van der Waals surface area contributed by atoms with Gasteiger partial charge in [-0.1, -0.05) is 17.7 Å². The number of allylic oxidation sites excluding steroid dienone is 1. The fraction of sp³-hybridized carbons (Fsp3) is 0.263. The van der Waals surface area contributed by atoms with Crippen molar-refractivity contribution in [3.05, 3.63) is 57.9 Å². The Bertz CT molecular complexity index is 942. The van der Waals surface area contributed by atoms with Crippen molar-refractivity contribution in [2.75, 3.05) is 6.54 Å². The van der Waals surface area contributed by atoms with Crippen molar-refractivity contribution >= 4 is 29.4 Å². The molecule has 9 heteroatoms. The second kappa shape index (κ2) is 9.69. The summed E-state index contributed by atoms with van der Waals surface area (Å²) in [5, 5.41) is 27.9. The second-order valence-corrected chi connectivity index (χ2v) is 6.61. The van der Waals surface area contributed by atoms with Gasteiger partial charge >= 0.3 is 0 Å². The van der Waals surface area contributed by atoms with Gasteiger partial charge in [0, 0.05) is 18.0 Å². The summed E-state index contributed by atoms with van der Waals surface area (Å²) in [5.74, 6) is -0.354. The predicted octanol–water partition coefficient (Wildman–Crippen LogP) is 2.18. The van der Waals surface area contributed by atoms with E-state index in [2.05, 4.69) is 20.5 Å². The van der Waals surface area contributed by atoms with Crippen LogP contribution in [0.3, 0.4) is 0 Å². The van der Waals surface area contributed by atoms with Crippen LogP contribution in [0.5, 0.6) is 0 Å². The number of carbonyl (C=O) groups is 1. The molecule has 0 fully saturated rings. The highest BCUT2D eigenvalue weighted by Gasteiger charge is 2.14. The number of carbonyl (C=O) groups excluding carboxylic acids is 1. The highest BCUT2D eigenvalue weighted by atomic mass is 35.5. The maximum absolute atomic E-state index is 12.1. The number of aliphatic hydroxyl groups is 1. The molecule has 2 atom stereocenters. The minimum Gasteiger partial charge on any atom is -0.398 e. The van der Waals surface area contributed by atoms with Gasteiger partial charge in [0.05, 0.1) is 28.9 Å². The number of H-pyrrole nitrogens is 1. The normalized spacial score (nSPS) is 13.9. The lowest BCUT2D eigenvalue weighted by Crippen LogP contribution is -2.34. The van der Waals surface area contributed by atoms with Gasteiger partial charge < -0.3 is 16.2 Å². The monoisotopic (exact) mass is 400 g/mol. The summed E-state index contributed by atoms with van der Waals surface area (Å²) in [6, 6.07) is 8.19. The van der Waals surface area contributed by atoms with E-state index in [1.54, 1.807) is 37.4 Å². The molecule has 8 nitrogen and oxygen atoms in total. The Kier molecular flexibility index (Phi) is 7.32. The number of benzene rings is 1. The molecule has 0 saturated heterocycles. The van der Waals surface area contributed by atoms with Crippen LogP contribution in [0.1, 0.15) is 47.3 Å². The Morgan fingerprint density at radius 2 is 2.25 bits per heavy atom. The zero-order valence-corrected chi connectivity index (χ0v) is 16.2. The van der Waals surface area contributed by atoms with E-state index in [0.717, 1.165) is 0 Å². The molecule has 1 aromatic carbocycles. The second-order valence-electron chi connectivity index (χ2n) is 6.20. The van der Waals surface area contributed by atoms with Gasteiger partial charge in [0.15, 0.2) is 0 Å². The molecule has 0 saturated carbocycles. The van der Waals surface area contributed by atoms with E-state index in [-0.39, 0.29) is 17.6 Å². The SMILES string of the molecule is CC(O)c1cc(C(=O)N[C@@H](C)CN=C/C=C(\N)c2ccc(C#N)c(Cl)c2)n[nH]1. The van der Waals surface area contributed by atoms with Gasteiger partial charge in [-0.05, 0) is 43.7 Å². The van der Waals surface area contributed by atoms with Crippen molar-refractivity contribution < 1.29 is 9.90 Å². The fourth-order valence-electron chi connectivity index (χ4n) is 2.24. The van der Waals surface area contributed by atoms with Gasteiger partial charge in [-0.15, -0.1) is 0 Å². The van der Waals surface area contributed by atoms with Crippen molar-refractivity contribution in [3.63, 3.8) is 0 Å². The Labute approximate surface area is 167 Å². The number of hydrogen-bond donors (Lipinski definition) is 4. The maximum atomic E-state index is 12.1. The lowest BCUT2D eigenvalue weighted by atomic mass is 10.1. The number of hydrogen-bond acceptors (Lipinski definition) is 6. The first-order valence-electron chi connectivity index (χ1n) is 8.51. The van der Waals surface area contributed by atoms with Gasteiger partial charge in [0.1, 0.15) is 11.8 Å². The van der Waals surface area contributed by atoms with Crippen LogP contribution in [-0.2, 0) is 0 Å². The third-order valence-corrected chi connectivity index (χ3v) is 4.13. The Balaban J connectivity index is 1.89. The number of halogens is 1. The number of nitrogens with one attached hydrogen (secondary N) is 2. The van der Waals surface area contributed by atoms with Crippen molar-refractivity contribution in [1.29, 1.82) is 5.26 Å². The number of aliphatic imine (C=N–C) groups is 1. The number of amides is 1. The molecule has 2 rings (SSSR count). The molecule has 0 aliphatic carbocycles. The highest BCUT2D eigenvalue weighted by molar-refractivity contribution is 6.31. The van der Waals surface area contributed by atoms with Gasteiger partial charge in [0.25, 0.3) is 5.91 Å². The topological polar surface area (TPSA) is 140 Å². The van der Waals surface area contributed by atoms with Crippen molar-refractivity contribution in [2.45, 2.75) is 26.0 Å². The molecule has 146 valence electrons. The Morgan fingerprint density at radius 3 is 2.86 bits per heavy atom. The first-order valence-corrected chi connectivity index (χ1v) is 8.89. The minimum absolute atomic E-state index is 0.202. The molecule has 2 aromatic rings. The predicted molar refractivity (Wildman–Crippen MR) is 108 cm³/mol. The summed E-state index contributed by atoms with van der Waals surface area (Å²) in [7, 11) is 0. The summed E-state index contributed by atoms with van der Waals surface area (Å²) in [6.07, 6.45) is 2.44. The minimum atomic E-state index is -0.723. The van der Waals surface area contributed by atoms with Crippen molar-refractivity contribution in [1.82, 2.24) is 15.5 Å². The zero-order valence-electron chi connectivity index (χ0n) is 15.5. The van der Waals surface area contributed by atoms with E-state index in [1.807, 2.05) is 13.0 Å². The van der Waals surface area contributed by atoms with E-state index < -0.39 is 6.10 Å². The average Bonchev–Trinajstić information content (AvgIpc) is 3.15. The molecule has 0 spiro atoms. The number of nitriles is 1. The molecule has 1 heterocycles. The number of aromatic nitrogens is 2. The van der Waals surface area contributed by atoms with Gasteiger partial charge in [-0.2, -0.15) is 10.4 Å². The van der Waals surface area contributed by atoms with Crippen LogP contribution in [0.2, 0.25) is 5.02 Å². The van der Waals surface area contributed by atoms with Crippen molar-refractivity contribution in [2.24, 2.45) is 10.7 Å². The number of aliphatic hydroxyl groups excluding tert-OH is 1. The van der Waals surface area contributed by atoms with Crippen LogP contribution in [-0.4, -0.2) is 40.0 Å². The zero-order chi connectivity index (χ0) is 20.7. The Morgan fingerprint density at radius 1 is 1.50 bits per heavy atom. The maximum Gasteiger partial charge on any atom is 0.272 e. The average molecular weight is 401 g/mol. The van der Waals surface area contributed by atoms with E-state index in [4.69, 9.17) is 22.6 Å². The molecule has 1 amide bonds.